The zero-order valence-corrected chi connectivity index (χ0v) is 11.4. The molecule has 0 atom stereocenters. The second kappa shape index (κ2) is 4.91. The van der Waals surface area contributed by atoms with Crippen LogP contribution in [0, 0.1) is 13.8 Å². The van der Waals surface area contributed by atoms with Gasteiger partial charge in [-0.05, 0) is 18.5 Å². The van der Waals surface area contributed by atoms with Crippen molar-refractivity contribution in [3.63, 3.8) is 0 Å². The van der Waals surface area contributed by atoms with Crippen LogP contribution in [0.15, 0.2) is 26.2 Å². The van der Waals surface area contributed by atoms with Gasteiger partial charge in [0, 0.05) is 11.1 Å². The SMILES string of the molecule is Cc1conc1C(=O)c1no[n+](O)c1C(=O)c1nocc1C. The van der Waals surface area contributed by atoms with Crippen molar-refractivity contribution < 1.29 is 33.4 Å². The summed E-state index contributed by atoms with van der Waals surface area (Å²) >= 11 is 0. The van der Waals surface area contributed by atoms with Crippen LogP contribution in [0.4, 0.5) is 0 Å². The lowest BCUT2D eigenvalue weighted by Gasteiger charge is -1.92. The minimum Gasteiger partial charge on any atom is -0.364 e. The topological polar surface area (TPSA) is 136 Å². The first-order valence-electron chi connectivity index (χ1n) is 6.03. The molecule has 0 aliphatic rings. The molecular formula is C12H9N4O6+. The Hall–Kier alpha value is -3.30. The Kier molecular flexibility index (Phi) is 3.05. The predicted molar refractivity (Wildman–Crippen MR) is 63.2 cm³/mol. The molecule has 3 aromatic heterocycles. The molecule has 22 heavy (non-hydrogen) atoms. The van der Waals surface area contributed by atoms with E-state index in [-0.39, 0.29) is 16.3 Å². The third kappa shape index (κ3) is 1.97. The Bertz CT molecular complexity index is 874. The van der Waals surface area contributed by atoms with Crippen LogP contribution in [0.2, 0.25) is 0 Å². The van der Waals surface area contributed by atoms with Gasteiger partial charge in [0.15, 0.2) is 16.5 Å². The highest BCUT2D eigenvalue weighted by molar-refractivity contribution is 6.16. The van der Waals surface area contributed by atoms with E-state index in [4.69, 9.17) is 0 Å². The molecule has 0 aliphatic heterocycles. The summed E-state index contributed by atoms with van der Waals surface area (Å²) < 4.78 is 13.8. The summed E-state index contributed by atoms with van der Waals surface area (Å²) in [6.45, 7) is 3.18. The zero-order valence-electron chi connectivity index (χ0n) is 11.4. The van der Waals surface area contributed by atoms with Crippen LogP contribution in [0.3, 0.4) is 0 Å². The van der Waals surface area contributed by atoms with Crippen molar-refractivity contribution >= 4 is 11.6 Å². The van der Waals surface area contributed by atoms with Gasteiger partial charge >= 0.3 is 11.4 Å². The molecule has 0 amide bonds. The van der Waals surface area contributed by atoms with E-state index in [1.165, 1.54) is 12.5 Å². The Balaban J connectivity index is 2.09. The number of aromatic nitrogens is 4. The Morgan fingerprint density at radius 2 is 1.50 bits per heavy atom. The minimum atomic E-state index is -0.778. The number of rotatable bonds is 4. The van der Waals surface area contributed by atoms with Gasteiger partial charge in [0.2, 0.25) is 0 Å². The van der Waals surface area contributed by atoms with Crippen molar-refractivity contribution in [1.82, 2.24) is 15.5 Å². The molecule has 0 aliphatic carbocycles. The molecule has 3 aromatic rings. The van der Waals surface area contributed by atoms with Crippen LogP contribution in [0.1, 0.15) is 43.5 Å². The number of ketones is 2. The lowest BCUT2D eigenvalue weighted by atomic mass is 10.1. The molecule has 1 N–H and O–H groups in total. The van der Waals surface area contributed by atoms with Gasteiger partial charge in [0.25, 0.3) is 11.6 Å². The van der Waals surface area contributed by atoms with Crippen molar-refractivity contribution in [2.45, 2.75) is 13.8 Å². The second-order valence-electron chi connectivity index (χ2n) is 4.49. The molecule has 112 valence electrons. The summed E-state index contributed by atoms with van der Waals surface area (Å²) in [7, 11) is 0. The number of hydrogen-bond donors (Lipinski definition) is 1. The maximum Gasteiger partial charge on any atom is 0.332 e. The van der Waals surface area contributed by atoms with Crippen LogP contribution >= 0.6 is 0 Å². The molecule has 10 nitrogen and oxygen atoms in total. The molecular weight excluding hydrogens is 296 g/mol. The van der Waals surface area contributed by atoms with Crippen LogP contribution in [0.5, 0.6) is 0 Å². The largest absolute Gasteiger partial charge is 0.364 e. The maximum atomic E-state index is 12.4. The van der Waals surface area contributed by atoms with Gasteiger partial charge in [-0.3, -0.25) is 9.59 Å². The Labute approximate surface area is 121 Å². The minimum absolute atomic E-state index is 0.0418. The van der Waals surface area contributed by atoms with Gasteiger partial charge in [0.05, 0.1) is 0 Å². The van der Waals surface area contributed by atoms with Gasteiger partial charge in [-0.1, -0.05) is 10.3 Å². The summed E-state index contributed by atoms with van der Waals surface area (Å²) in [4.78, 5) is 24.8. The van der Waals surface area contributed by atoms with E-state index in [9.17, 15) is 14.8 Å². The molecule has 0 unspecified atom stereocenters. The number of carbonyl (C=O) groups is 2. The second-order valence-corrected chi connectivity index (χ2v) is 4.49. The fourth-order valence-electron chi connectivity index (χ4n) is 1.83. The number of nitrogens with zero attached hydrogens (tertiary/aromatic N) is 4. The summed E-state index contributed by atoms with van der Waals surface area (Å²) in [5.41, 5.74) is -0.122. The fourth-order valence-corrected chi connectivity index (χ4v) is 1.83. The fraction of sp³-hybridized carbons (Fsp3) is 0.167. The van der Waals surface area contributed by atoms with Crippen molar-refractivity contribution in [2.75, 3.05) is 0 Å². The lowest BCUT2D eigenvalue weighted by Crippen LogP contribution is -2.36. The van der Waals surface area contributed by atoms with E-state index < -0.39 is 23.0 Å². The van der Waals surface area contributed by atoms with Crippen molar-refractivity contribution in [2.24, 2.45) is 0 Å². The predicted octanol–water partition coefficient (Wildman–Crippen LogP) is 0.254. The average molecular weight is 305 g/mol. The molecule has 3 rings (SSSR count). The van der Waals surface area contributed by atoms with E-state index >= 15 is 0 Å². The van der Waals surface area contributed by atoms with Gasteiger partial charge < -0.3 is 14.3 Å². The maximum absolute atomic E-state index is 12.4. The average Bonchev–Trinajstić information content (AvgIpc) is 3.18. The highest BCUT2D eigenvalue weighted by atomic mass is 16.8. The molecule has 0 aromatic carbocycles. The molecule has 0 fully saturated rings. The van der Waals surface area contributed by atoms with Gasteiger partial charge in [-0.2, -0.15) is 0 Å². The molecule has 0 radical (unpaired) electrons. The Morgan fingerprint density at radius 1 is 0.955 bits per heavy atom. The summed E-state index contributed by atoms with van der Waals surface area (Å²) in [5.74, 6) is -1.51. The molecule has 0 spiro atoms. The van der Waals surface area contributed by atoms with E-state index in [1.807, 2.05) is 0 Å². The molecule has 10 heteroatoms. The molecule has 3 heterocycles. The van der Waals surface area contributed by atoms with E-state index in [2.05, 4.69) is 29.1 Å². The molecule has 0 saturated carbocycles. The number of carbonyl (C=O) groups excluding carboxylic acids is 2. The monoisotopic (exact) mass is 305 g/mol. The van der Waals surface area contributed by atoms with Crippen LogP contribution in [-0.2, 0) is 0 Å². The molecule has 0 bridgehead atoms. The normalized spacial score (nSPS) is 10.8. The van der Waals surface area contributed by atoms with Crippen molar-refractivity contribution in [3.8, 4) is 0 Å². The highest BCUT2D eigenvalue weighted by Crippen LogP contribution is 2.16. The lowest BCUT2D eigenvalue weighted by molar-refractivity contribution is -1.04. The third-order valence-corrected chi connectivity index (χ3v) is 2.98. The van der Waals surface area contributed by atoms with Crippen molar-refractivity contribution in [3.05, 3.63) is 46.4 Å². The van der Waals surface area contributed by atoms with Crippen LogP contribution in [0.25, 0.3) is 0 Å². The van der Waals surface area contributed by atoms with Gasteiger partial charge in [0.1, 0.15) is 17.4 Å². The van der Waals surface area contributed by atoms with E-state index in [0.29, 0.717) is 11.1 Å². The first-order valence-corrected chi connectivity index (χ1v) is 6.03. The first-order chi connectivity index (χ1) is 10.5. The van der Waals surface area contributed by atoms with Gasteiger partial charge in [-0.15, -0.1) is 0 Å². The summed E-state index contributed by atoms with van der Waals surface area (Å²) in [6, 6.07) is 0. The van der Waals surface area contributed by atoms with E-state index in [1.54, 1.807) is 13.8 Å². The van der Waals surface area contributed by atoms with Crippen LogP contribution in [-0.4, -0.2) is 32.2 Å². The summed E-state index contributed by atoms with van der Waals surface area (Å²) in [5, 5.41) is 20.1. The third-order valence-electron chi connectivity index (χ3n) is 2.98. The highest BCUT2D eigenvalue weighted by Gasteiger charge is 2.40. The Morgan fingerprint density at radius 3 is 2.00 bits per heavy atom. The number of aryl methyl sites for hydroxylation is 2. The van der Waals surface area contributed by atoms with E-state index in [0.717, 1.165) is 0 Å². The first kappa shape index (κ1) is 13.7. The quantitative estimate of drug-likeness (QED) is 0.531. The summed E-state index contributed by atoms with van der Waals surface area (Å²) in [6.07, 6.45) is 2.52. The standard InChI is InChI=1S/C12H9N4O6/c1-5-3-20-13-7(5)11(17)9-10(16(19)22-15-9)12(18)8-6(2)4-21-14-8/h3-4,19H,1-2H3/q+1. The number of hydrogen-bond acceptors (Lipinski definition) is 9. The van der Waals surface area contributed by atoms with Gasteiger partial charge in [-0.25, -0.2) is 0 Å². The molecule has 0 saturated heterocycles. The van der Waals surface area contributed by atoms with Crippen LogP contribution < -0.4 is 4.90 Å². The smallest absolute Gasteiger partial charge is 0.332 e. The zero-order chi connectivity index (χ0) is 15.9. The van der Waals surface area contributed by atoms with Crippen molar-refractivity contribution in [1.29, 1.82) is 0 Å².